The zero-order chi connectivity index (χ0) is 29.7. The second-order valence-electron chi connectivity index (χ2n) is 10.9. The molecule has 220 valence electrons. The van der Waals surface area contributed by atoms with Gasteiger partial charge < -0.3 is 9.80 Å². The van der Waals surface area contributed by atoms with E-state index in [0.717, 1.165) is 28.1 Å². The lowest BCUT2D eigenvalue weighted by atomic mass is 9.96. The lowest BCUT2D eigenvalue weighted by Gasteiger charge is -2.46. The van der Waals surface area contributed by atoms with Crippen LogP contribution in [0.3, 0.4) is 0 Å². The van der Waals surface area contributed by atoms with Crippen molar-refractivity contribution in [3.8, 4) is 0 Å². The van der Waals surface area contributed by atoms with Crippen molar-refractivity contribution in [3.05, 3.63) is 76.7 Å². The van der Waals surface area contributed by atoms with Gasteiger partial charge in [-0.05, 0) is 49.9 Å². The fourth-order valence-corrected chi connectivity index (χ4v) is 5.95. The molecule has 6 nitrogen and oxygen atoms in total. The van der Waals surface area contributed by atoms with Gasteiger partial charge in [-0.15, -0.1) is 0 Å². The van der Waals surface area contributed by atoms with Crippen molar-refractivity contribution >= 4 is 17.5 Å². The molecule has 2 amide bonds. The number of fused-ring (bicyclic) bond motifs is 1. The van der Waals surface area contributed by atoms with Gasteiger partial charge in [0.1, 0.15) is 12.4 Å². The highest BCUT2D eigenvalue weighted by Crippen LogP contribution is 2.41. The number of aryl methyl sites for hydroxylation is 1. The number of piperidine rings is 1. The van der Waals surface area contributed by atoms with Crippen LogP contribution in [0.4, 0.5) is 42.6 Å². The van der Waals surface area contributed by atoms with E-state index in [9.17, 15) is 31.1 Å². The molecule has 0 N–H and O–H groups in total. The van der Waals surface area contributed by atoms with Crippen LogP contribution in [0.25, 0.3) is 0 Å². The van der Waals surface area contributed by atoms with Gasteiger partial charge in [0.25, 0.3) is 5.92 Å². The van der Waals surface area contributed by atoms with E-state index in [0.29, 0.717) is 37.2 Å². The molecular weight excluding hydrogens is 548 g/mol. The summed E-state index contributed by atoms with van der Waals surface area (Å²) in [6, 6.07) is 8.44. The number of nitrogens with zero attached hydrogens (tertiary/aromatic N) is 5. The SMILES string of the molecule is Cc1cccc(F)c1N1CCC(N2C(=O)N(Cc3ccccc3C(F)(F)F)c3nn(CC(C)(F)F)cc3[C@H]2C)CC1. The highest BCUT2D eigenvalue weighted by atomic mass is 19.4. The van der Waals surface area contributed by atoms with Gasteiger partial charge in [0.15, 0.2) is 5.82 Å². The minimum Gasteiger partial charge on any atom is -0.369 e. The Balaban J connectivity index is 1.47. The van der Waals surface area contributed by atoms with Crippen LogP contribution in [0.1, 0.15) is 55.0 Å². The fourth-order valence-electron chi connectivity index (χ4n) is 5.95. The molecule has 0 aliphatic carbocycles. The van der Waals surface area contributed by atoms with Crippen molar-refractivity contribution in [1.82, 2.24) is 14.7 Å². The molecule has 0 radical (unpaired) electrons. The summed E-state index contributed by atoms with van der Waals surface area (Å²) >= 11 is 0. The van der Waals surface area contributed by atoms with Crippen LogP contribution in [0, 0.1) is 12.7 Å². The van der Waals surface area contributed by atoms with Gasteiger partial charge >= 0.3 is 12.2 Å². The summed E-state index contributed by atoms with van der Waals surface area (Å²) in [5, 5.41) is 4.24. The van der Waals surface area contributed by atoms with Crippen molar-refractivity contribution in [3.63, 3.8) is 0 Å². The van der Waals surface area contributed by atoms with Crippen LogP contribution in [-0.2, 0) is 19.3 Å². The normalized spacial score (nSPS) is 18.7. The monoisotopic (exact) mass is 579 g/mol. The van der Waals surface area contributed by atoms with Gasteiger partial charge in [0.2, 0.25) is 0 Å². The number of hydrogen-bond acceptors (Lipinski definition) is 3. The highest BCUT2D eigenvalue weighted by Gasteiger charge is 2.44. The summed E-state index contributed by atoms with van der Waals surface area (Å²) in [5.74, 6) is -3.35. The fraction of sp³-hybridized carbons (Fsp3) is 0.448. The molecule has 1 saturated heterocycles. The number of urea groups is 1. The minimum absolute atomic E-state index is 0.0689. The van der Waals surface area contributed by atoms with Crippen molar-refractivity contribution in [1.29, 1.82) is 0 Å². The molecule has 0 spiro atoms. The van der Waals surface area contributed by atoms with Crippen LogP contribution in [-0.4, -0.2) is 45.8 Å². The zero-order valence-electron chi connectivity index (χ0n) is 22.9. The Morgan fingerprint density at radius 3 is 2.32 bits per heavy atom. The molecule has 0 bridgehead atoms. The molecule has 0 unspecified atom stereocenters. The molecular formula is C29H31F6N5O. The summed E-state index contributed by atoms with van der Waals surface area (Å²) in [4.78, 5) is 18.7. The maximum Gasteiger partial charge on any atom is 0.416 e. The van der Waals surface area contributed by atoms with Crippen LogP contribution < -0.4 is 9.80 Å². The number of amides is 2. The second kappa shape index (κ2) is 10.6. The summed E-state index contributed by atoms with van der Waals surface area (Å²) in [6.07, 6.45) is -2.22. The maximum absolute atomic E-state index is 14.6. The zero-order valence-corrected chi connectivity index (χ0v) is 22.9. The van der Waals surface area contributed by atoms with E-state index < -0.39 is 42.8 Å². The maximum atomic E-state index is 14.6. The standard InChI is InChI=1S/C29H31F6N5O/c1-18-7-6-10-24(30)25(18)37-13-11-21(12-14-37)40-19(2)22-16-38(17-28(3,31)32)36-26(22)39(27(40)41)15-20-8-4-5-9-23(20)29(33,34)35/h4-10,16,19,21H,11-15,17H2,1-3H3/t19-/m1/s1. The number of anilines is 2. The highest BCUT2D eigenvalue weighted by molar-refractivity contribution is 5.94. The first-order chi connectivity index (χ1) is 19.2. The Morgan fingerprint density at radius 2 is 1.68 bits per heavy atom. The van der Waals surface area contributed by atoms with Crippen molar-refractivity contribution < 1.29 is 31.1 Å². The van der Waals surface area contributed by atoms with E-state index in [1.165, 1.54) is 30.5 Å². The first-order valence-corrected chi connectivity index (χ1v) is 13.4. The van der Waals surface area contributed by atoms with Gasteiger partial charge in [-0.25, -0.2) is 18.0 Å². The van der Waals surface area contributed by atoms with E-state index in [2.05, 4.69) is 5.10 Å². The van der Waals surface area contributed by atoms with Crippen molar-refractivity contribution in [2.45, 2.75) is 70.9 Å². The lowest BCUT2D eigenvalue weighted by Crippen LogP contribution is -2.55. The number of carbonyl (C=O) groups is 1. The van der Waals surface area contributed by atoms with E-state index in [1.54, 1.807) is 17.9 Å². The quantitative estimate of drug-likeness (QED) is 0.291. The number of hydrogen-bond donors (Lipinski definition) is 0. The second-order valence-corrected chi connectivity index (χ2v) is 10.9. The molecule has 41 heavy (non-hydrogen) atoms. The first kappa shape index (κ1) is 28.8. The molecule has 1 fully saturated rings. The van der Waals surface area contributed by atoms with E-state index in [-0.39, 0.29) is 23.2 Å². The summed E-state index contributed by atoms with van der Waals surface area (Å²) in [5.41, 5.74) is 0.774. The average Bonchev–Trinajstić information content (AvgIpc) is 3.29. The van der Waals surface area contributed by atoms with Crippen molar-refractivity contribution in [2.75, 3.05) is 22.9 Å². The summed E-state index contributed by atoms with van der Waals surface area (Å²) in [6.45, 7) is 4.10. The van der Waals surface area contributed by atoms with Crippen molar-refractivity contribution in [2.24, 2.45) is 0 Å². The van der Waals surface area contributed by atoms with Gasteiger partial charge in [0.05, 0.1) is 23.8 Å². The van der Waals surface area contributed by atoms with Gasteiger partial charge in [-0.1, -0.05) is 30.3 Å². The topological polar surface area (TPSA) is 44.6 Å². The van der Waals surface area contributed by atoms with Crippen LogP contribution in [0.15, 0.2) is 48.7 Å². The van der Waals surface area contributed by atoms with E-state index in [4.69, 9.17) is 0 Å². The number of halogens is 6. The van der Waals surface area contributed by atoms with E-state index in [1.807, 2.05) is 17.9 Å². The lowest BCUT2D eigenvalue weighted by molar-refractivity contribution is -0.138. The summed E-state index contributed by atoms with van der Waals surface area (Å²) < 4.78 is 84.8. The first-order valence-electron chi connectivity index (χ1n) is 13.4. The number of benzene rings is 2. The Labute approximate surface area is 234 Å². The number of aromatic nitrogens is 2. The molecule has 5 rings (SSSR count). The van der Waals surface area contributed by atoms with E-state index >= 15 is 0 Å². The Morgan fingerprint density at radius 1 is 1.00 bits per heavy atom. The van der Waals surface area contributed by atoms with Crippen LogP contribution in [0.5, 0.6) is 0 Å². The number of rotatable bonds is 6. The molecule has 2 aromatic carbocycles. The van der Waals surface area contributed by atoms with Gasteiger partial charge in [-0.3, -0.25) is 9.58 Å². The van der Waals surface area contributed by atoms with Gasteiger partial charge in [-0.2, -0.15) is 18.3 Å². The number of para-hydroxylation sites is 1. The molecule has 3 aromatic rings. The Hall–Kier alpha value is -3.70. The third kappa shape index (κ3) is 5.73. The molecule has 3 heterocycles. The molecule has 1 aromatic heterocycles. The Kier molecular flexibility index (Phi) is 7.46. The smallest absolute Gasteiger partial charge is 0.369 e. The average molecular weight is 580 g/mol. The molecule has 2 aliphatic rings. The predicted molar refractivity (Wildman–Crippen MR) is 142 cm³/mol. The molecule has 0 saturated carbocycles. The third-order valence-electron chi connectivity index (χ3n) is 7.80. The van der Waals surface area contributed by atoms with Crippen LogP contribution >= 0.6 is 0 Å². The Bertz CT molecular complexity index is 1400. The molecule has 12 heteroatoms. The summed E-state index contributed by atoms with van der Waals surface area (Å²) in [7, 11) is 0. The minimum atomic E-state index is -4.65. The van der Waals surface area contributed by atoms with Crippen LogP contribution in [0.2, 0.25) is 0 Å². The number of alkyl halides is 5. The predicted octanol–water partition coefficient (Wildman–Crippen LogP) is 7.18. The molecule has 2 aliphatic heterocycles. The third-order valence-corrected chi connectivity index (χ3v) is 7.80. The van der Waals surface area contributed by atoms with Gasteiger partial charge in [0, 0.05) is 37.8 Å². The molecule has 1 atom stereocenters. The largest absolute Gasteiger partial charge is 0.416 e. The number of carbonyl (C=O) groups excluding carboxylic acids is 1.